The van der Waals surface area contributed by atoms with Gasteiger partial charge in [-0.1, -0.05) is 54.6 Å². The quantitative estimate of drug-likeness (QED) is 0.614. The maximum absolute atomic E-state index is 6.64. The highest BCUT2D eigenvalue weighted by Crippen LogP contribution is 2.29. The van der Waals surface area contributed by atoms with Crippen LogP contribution in [-0.4, -0.2) is 9.55 Å². The molecule has 4 aromatic rings. The fourth-order valence-electron chi connectivity index (χ4n) is 3.32. The number of hydrogen-bond donors (Lipinski definition) is 1. The van der Waals surface area contributed by atoms with Gasteiger partial charge in [0.25, 0.3) is 0 Å². The van der Waals surface area contributed by atoms with E-state index in [1.54, 1.807) is 0 Å². The summed E-state index contributed by atoms with van der Waals surface area (Å²) < 4.78 is 2.21. The van der Waals surface area contributed by atoms with Crippen molar-refractivity contribution in [1.29, 1.82) is 0 Å². The van der Waals surface area contributed by atoms with Gasteiger partial charge in [-0.2, -0.15) is 0 Å². The van der Waals surface area contributed by atoms with Crippen molar-refractivity contribution in [2.75, 3.05) is 0 Å². The Labute approximate surface area is 135 Å². The van der Waals surface area contributed by atoms with Crippen LogP contribution in [0.15, 0.2) is 66.7 Å². The second kappa shape index (κ2) is 5.52. The van der Waals surface area contributed by atoms with Gasteiger partial charge in [-0.3, -0.25) is 0 Å². The van der Waals surface area contributed by atoms with Crippen LogP contribution in [0.4, 0.5) is 0 Å². The average molecular weight is 301 g/mol. The van der Waals surface area contributed by atoms with E-state index >= 15 is 0 Å². The molecule has 23 heavy (non-hydrogen) atoms. The van der Waals surface area contributed by atoms with E-state index in [1.165, 1.54) is 10.8 Å². The molecular formula is C20H19N3. The van der Waals surface area contributed by atoms with Crippen molar-refractivity contribution < 1.29 is 0 Å². The van der Waals surface area contributed by atoms with E-state index in [9.17, 15) is 0 Å². The first-order chi connectivity index (χ1) is 11.3. The van der Waals surface area contributed by atoms with Crippen LogP contribution in [0.3, 0.4) is 0 Å². The number of hydrogen-bond acceptors (Lipinski definition) is 2. The molecule has 0 bridgehead atoms. The molecule has 0 aliphatic carbocycles. The summed E-state index contributed by atoms with van der Waals surface area (Å²) in [7, 11) is 0. The minimum absolute atomic E-state index is 0.242. The fourth-order valence-corrected chi connectivity index (χ4v) is 3.32. The summed E-state index contributed by atoms with van der Waals surface area (Å²) in [5, 5.41) is 2.40. The van der Waals surface area contributed by atoms with Crippen LogP contribution < -0.4 is 5.73 Å². The van der Waals surface area contributed by atoms with Gasteiger partial charge in [-0.05, 0) is 35.4 Å². The second-order valence-electron chi connectivity index (χ2n) is 5.75. The van der Waals surface area contributed by atoms with Crippen LogP contribution in [0, 0.1) is 0 Å². The van der Waals surface area contributed by atoms with Crippen molar-refractivity contribution in [3.63, 3.8) is 0 Å². The molecule has 3 aromatic carbocycles. The number of para-hydroxylation sites is 2. The van der Waals surface area contributed by atoms with Crippen molar-refractivity contribution in [2.45, 2.75) is 19.5 Å². The first-order valence-electron chi connectivity index (χ1n) is 7.98. The van der Waals surface area contributed by atoms with Crippen LogP contribution in [0.2, 0.25) is 0 Å². The van der Waals surface area contributed by atoms with Gasteiger partial charge in [0.15, 0.2) is 0 Å². The zero-order valence-electron chi connectivity index (χ0n) is 13.1. The Hall–Kier alpha value is -2.65. The summed E-state index contributed by atoms with van der Waals surface area (Å²) in [5.41, 5.74) is 9.90. The average Bonchev–Trinajstić information content (AvgIpc) is 2.99. The van der Waals surface area contributed by atoms with E-state index in [1.807, 2.05) is 18.2 Å². The first kappa shape index (κ1) is 14.0. The molecule has 3 heteroatoms. The molecule has 114 valence electrons. The van der Waals surface area contributed by atoms with Gasteiger partial charge >= 0.3 is 0 Å². The minimum Gasteiger partial charge on any atom is -0.327 e. The number of aryl methyl sites for hydroxylation is 1. The lowest BCUT2D eigenvalue weighted by atomic mass is 9.99. The zero-order chi connectivity index (χ0) is 15.8. The first-order valence-corrected chi connectivity index (χ1v) is 7.98. The molecule has 0 radical (unpaired) electrons. The van der Waals surface area contributed by atoms with E-state index < -0.39 is 0 Å². The lowest BCUT2D eigenvalue weighted by Gasteiger charge is -2.16. The highest BCUT2D eigenvalue weighted by molar-refractivity contribution is 5.86. The monoisotopic (exact) mass is 301 g/mol. The highest BCUT2D eigenvalue weighted by atomic mass is 15.1. The van der Waals surface area contributed by atoms with Crippen molar-refractivity contribution in [1.82, 2.24) is 9.55 Å². The van der Waals surface area contributed by atoms with Crippen LogP contribution in [0.1, 0.15) is 24.4 Å². The van der Waals surface area contributed by atoms with Gasteiger partial charge in [-0.15, -0.1) is 0 Å². The van der Waals surface area contributed by atoms with E-state index in [2.05, 4.69) is 60.0 Å². The molecule has 0 aliphatic rings. The Morgan fingerprint density at radius 3 is 2.57 bits per heavy atom. The Balaban J connectivity index is 1.93. The molecule has 1 aromatic heterocycles. The van der Waals surface area contributed by atoms with Gasteiger partial charge < -0.3 is 10.3 Å². The molecule has 1 unspecified atom stereocenters. The summed E-state index contributed by atoms with van der Waals surface area (Å²) in [4.78, 5) is 4.80. The topological polar surface area (TPSA) is 43.8 Å². The molecule has 4 rings (SSSR count). The van der Waals surface area contributed by atoms with Gasteiger partial charge in [-0.25, -0.2) is 4.98 Å². The maximum Gasteiger partial charge on any atom is 0.131 e. The molecule has 0 aliphatic heterocycles. The van der Waals surface area contributed by atoms with Crippen molar-refractivity contribution in [3.05, 3.63) is 78.1 Å². The summed E-state index contributed by atoms with van der Waals surface area (Å²) in [6.45, 7) is 2.99. The Morgan fingerprint density at radius 1 is 0.957 bits per heavy atom. The number of benzene rings is 3. The molecule has 1 atom stereocenters. The molecular weight excluding hydrogens is 282 g/mol. The third kappa shape index (κ3) is 2.21. The number of rotatable bonds is 3. The Morgan fingerprint density at radius 2 is 1.70 bits per heavy atom. The van der Waals surface area contributed by atoms with Crippen LogP contribution >= 0.6 is 0 Å². The third-order valence-corrected chi connectivity index (χ3v) is 4.44. The highest BCUT2D eigenvalue weighted by Gasteiger charge is 2.19. The number of nitrogens with two attached hydrogens (primary N) is 1. The van der Waals surface area contributed by atoms with Gasteiger partial charge in [0.2, 0.25) is 0 Å². The van der Waals surface area contributed by atoms with Crippen molar-refractivity contribution in [3.8, 4) is 0 Å². The molecule has 0 fully saturated rings. The standard InChI is InChI=1S/C20H19N3/c1-2-23-18-13-6-5-12-17(18)22-20(23)19(21)16-11-7-9-14-8-3-4-10-15(14)16/h3-13,19H,2,21H2,1H3. The fraction of sp³-hybridized carbons (Fsp3) is 0.150. The summed E-state index contributed by atoms with van der Waals surface area (Å²) in [6, 6.07) is 22.6. The van der Waals surface area contributed by atoms with E-state index in [0.29, 0.717) is 0 Å². The number of fused-ring (bicyclic) bond motifs is 2. The maximum atomic E-state index is 6.64. The van der Waals surface area contributed by atoms with E-state index in [-0.39, 0.29) is 6.04 Å². The largest absolute Gasteiger partial charge is 0.327 e. The van der Waals surface area contributed by atoms with E-state index in [4.69, 9.17) is 10.7 Å². The van der Waals surface area contributed by atoms with Gasteiger partial charge in [0.1, 0.15) is 5.82 Å². The lowest BCUT2D eigenvalue weighted by Crippen LogP contribution is -2.18. The molecule has 3 nitrogen and oxygen atoms in total. The Kier molecular flexibility index (Phi) is 3.36. The van der Waals surface area contributed by atoms with Crippen LogP contribution in [-0.2, 0) is 6.54 Å². The van der Waals surface area contributed by atoms with Crippen molar-refractivity contribution >= 4 is 21.8 Å². The second-order valence-corrected chi connectivity index (χ2v) is 5.75. The van der Waals surface area contributed by atoms with Gasteiger partial charge in [0, 0.05) is 6.54 Å². The molecule has 0 saturated carbocycles. The molecule has 1 heterocycles. The van der Waals surface area contributed by atoms with Crippen LogP contribution in [0.25, 0.3) is 21.8 Å². The predicted molar refractivity (Wildman–Crippen MR) is 95.4 cm³/mol. The molecule has 0 spiro atoms. The van der Waals surface area contributed by atoms with Gasteiger partial charge in [0.05, 0.1) is 17.1 Å². The number of aromatic nitrogens is 2. The van der Waals surface area contributed by atoms with Crippen molar-refractivity contribution in [2.24, 2.45) is 5.73 Å². The third-order valence-electron chi connectivity index (χ3n) is 4.44. The minimum atomic E-state index is -0.242. The number of imidazole rings is 1. The molecule has 0 saturated heterocycles. The summed E-state index contributed by atoms with van der Waals surface area (Å²) in [5.74, 6) is 0.921. The predicted octanol–water partition coefficient (Wildman–Crippen LogP) is 4.26. The SMILES string of the molecule is CCn1c(C(N)c2cccc3ccccc23)nc2ccccc21. The Bertz CT molecular complexity index is 979. The lowest BCUT2D eigenvalue weighted by molar-refractivity contribution is 0.674. The van der Waals surface area contributed by atoms with E-state index in [0.717, 1.165) is 29.0 Å². The molecule has 2 N–H and O–H groups in total. The smallest absolute Gasteiger partial charge is 0.131 e. The number of nitrogens with zero attached hydrogens (tertiary/aromatic N) is 2. The summed E-state index contributed by atoms with van der Waals surface area (Å²) >= 11 is 0. The van der Waals surface area contributed by atoms with Crippen LogP contribution in [0.5, 0.6) is 0 Å². The molecule has 0 amide bonds. The summed E-state index contributed by atoms with van der Waals surface area (Å²) in [6.07, 6.45) is 0. The zero-order valence-corrected chi connectivity index (χ0v) is 13.1. The normalized spacial score (nSPS) is 12.8.